The van der Waals surface area contributed by atoms with Crippen LogP contribution in [0, 0.1) is 0 Å². The number of hydrogen-bond donors (Lipinski definition) is 0. The molecule has 9 aromatic carbocycles. The van der Waals surface area contributed by atoms with E-state index in [1.54, 1.807) is 0 Å². The van der Waals surface area contributed by atoms with E-state index in [0.29, 0.717) is 0 Å². The minimum Gasteiger partial charge on any atom is -0.456 e. The topological polar surface area (TPSA) is 26.3 Å². The molecule has 1 aliphatic rings. The number of benzene rings is 9. The number of rotatable bonds is 3. The highest BCUT2D eigenvalue weighted by Crippen LogP contribution is 2.54. The Morgan fingerprint density at radius 1 is 0.309 bits per heavy atom. The van der Waals surface area contributed by atoms with Crippen molar-refractivity contribution >= 4 is 65.4 Å². The third-order valence-corrected chi connectivity index (χ3v) is 12.3. The quantitative estimate of drug-likeness (QED) is 0.171. The molecule has 0 spiro atoms. The molecule has 0 radical (unpaired) electrons. The maximum Gasteiger partial charge on any atom is 0.136 e. The van der Waals surface area contributed by atoms with Gasteiger partial charge in [-0.05, 0) is 120 Å². The second kappa shape index (κ2) is 11.1. The summed E-state index contributed by atoms with van der Waals surface area (Å²) in [5.41, 5.74) is 16.1. The normalized spacial score (nSPS) is 13.4. The van der Waals surface area contributed by atoms with Gasteiger partial charge >= 0.3 is 0 Å². The second-order valence-corrected chi connectivity index (χ2v) is 15.6. The maximum absolute atomic E-state index is 6.42. The third kappa shape index (κ3) is 4.25. The zero-order valence-corrected chi connectivity index (χ0v) is 30.5. The van der Waals surface area contributed by atoms with E-state index in [2.05, 4.69) is 159 Å². The van der Waals surface area contributed by atoms with Crippen molar-refractivity contribution in [3.8, 4) is 44.5 Å². The third-order valence-electron chi connectivity index (χ3n) is 12.3. The van der Waals surface area contributed by atoms with Crippen molar-refractivity contribution in [2.45, 2.75) is 19.3 Å². The van der Waals surface area contributed by atoms with Crippen molar-refractivity contribution < 1.29 is 8.83 Å². The van der Waals surface area contributed by atoms with Crippen LogP contribution in [0.2, 0.25) is 0 Å². The minimum absolute atomic E-state index is 0.108. The largest absolute Gasteiger partial charge is 0.456 e. The molecule has 55 heavy (non-hydrogen) atoms. The predicted octanol–water partition coefficient (Wildman–Crippen LogP) is 15.1. The summed E-state index contributed by atoms with van der Waals surface area (Å²) in [6.45, 7) is 4.72. The summed E-state index contributed by atoms with van der Waals surface area (Å²) in [7, 11) is 0. The van der Waals surface area contributed by atoms with E-state index >= 15 is 0 Å². The van der Waals surface area contributed by atoms with Crippen LogP contribution in [-0.4, -0.2) is 0 Å². The smallest absolute Gasteiger partial charge is 0.136 e. The van der Waals surface area contributed by atoms with E-state index in [1.807, 2.05) is 24.3 Å². The Morgan fingerprint density at radius 2 is 0.764 bits per heavy atom. The summed E-state index contributed by atoms with van der Waals surface area (Å²) >= 11 is 0. The highest BCUT2D eigenvalue weighted by molar-refractivity contribution is 6.21. The monoisotopic (exact) mass is 702 g/mol. The van der Waals surface area contributed by atoms with Crippen LogP contribution in [0.4, 0.5) is 0 Å². The highest BCUT2D eigenvalue weighted by atomic mass is 16.3. The van der Waals surface area contributed by atoms with Gasteiger partial charge in [0.1, 0.15) is 22.3 Å². The molecule has 2 heteroatoms. The lowest BCUT2D eigenvalue weighted by molar-refractivity contribution is 0.660. The number of fused-ring (bicyclic) bond motifs is 11. The van der Waals surface area contributed by atoms with E-state index in [9.17, 15) is 0 Å². The highest BCUT2D eigenvalue weighted by Gasteiger charge is 2.37. The molecule has 0 bridgehead atoms. The lowest BCUT2D eigenvalue weighted by atomic mass is 9.81. The van der Waals surface area contributed by atoms with Gasteiger partial charge in [0, 0.05) is 27.0 Å². The minimum atomic E-state index is -0.108. The van der Waals surface area contributed by atoms with Crippen LogP contribution in [0.15, 0.2) is 179 Å². The van der Waals surface area contributed by atoms with Gasteiger partial charge in [-0.1, -0.05) is 141 Å². The van der Waals surface area contributed by atoms with Crippen LogP contribution < -0.4 is 0 Å². The molecule has 2 aromatic heterocycles. The fourth-order valence-corrected chi connectivity index (χ4v) is 9.71. The first-order valence-electron chi connectivity index (χ1n) is 19.1. The van der Waals surface area contributed by atoms with Gasteiger partial charge in [0.05, 0.1) is 0 Å². The van der Waals surface area contributed by atoms with Crippen LogP contribution in [0.5, 0.6) is 0 Å². The average molecular weight is 703 g/mol. The molecule has 1 aliphatic carbocycles. The fourth-order valence-electron chi connectivity index (χ4n) is 9.71. The first-order chi connectivity index (χ1) is 27.0. The Morgan fingerprint density at radius 3 is 1.38 bits per heavy atom. The summed E-state index contributed by atoms with van der Waals surface area (Å²) in [5.74, 6) is 0. The van der Waals surface area contributed by atoms with Crippen molar-refractivity contribution in [3.63, 3.8) is 0 Å². The predicted molar refractivity (Wildman–Crippen MR) is 230 cm³/mol. The van der Waals surface area contributed by atoms with Crippen molar-refractivity contribution in [2.24, 2.45) is 0 Å². The Balaban J connectivity index is 1.18. The van der Waals surface area contributed by atoms with Gasteiger partial charge in [-0.2, -0.15) is 0 Å². The molecule has 0 saturated heterocycles. The summed E-state index contributed by atoms with van der Waals surface area (Å²) in [6, 6.07) is 61.9. The Bertz CT molecular complexity index is 3240. The van der Waals surface area contributed by atoms with Crippen molar-refractivity contribution in [1.82, 2.24) is 0 Å². The van der Waals surface area contributed by atoms with E-state index in [-0.39, 0.29) is 5.41 Å². The summed E-state index contributed by atoms with van der Waals surface area (Å²) in [4.78, 5) is 0. The van der Waals surface area contributed by atoms with Crippen molar-refractivity contribution in [1.29, 1.82) is 0 Å². The molecule has 0 aliphatic heterocycles. The zero-order chi connectivity index (χ0) is 36.4. The van der Waals surface area contributed by atoms with Crippen LogP contribution in [0.25, 0.3) is 110 Å². The van der Waals surface area contributed by atoms with E-state index < -0.39 is 0 Å². The lowest BCUT2D eigenvalue weighted by Crippen LogP contribution is -2.14. The van der Waals surface area contributed by atoms with E-state index in [4.69, 9.17) is 8.83 Å². The van der Waals surface area contributed by atoms with Crippen LogP contribution in [0.3, 0.4) is 0 Å². The first-order valence-corrected chi connectivity index (χ1v) is 19.1. The van der Waals surface area contributed by atoms with Gasteiger partial charge < -0.3 is 8.83 Å². The second-order valence-electron chi connectivity index (χ2n) is 15.6. The molecule has 0 N–H and O–H groups in total. The van der Waals surface area contributed by atoms with Gasteiger partial charge in [-0.25, -0.2) is 0 Å². The average Bonchev–Trinajstić information content (AvgIpc) is 3.86. The molecule has 0 saturated carbocycles. The first kappa shape index (κ1) is 30.6. The molecule has 0 atom stereocenters. The van der Waals surface area contributed by atoms with Gasteiger partial charge in [0.2, 0.25) is 0 Å². The van der Waals surface area contributed by atoms with Gasteiger partial charge in [0.25, 0.3) is 0 Å². The SMILES string of the molecule is CC1(C)c2ccccc2-c2c(-c3c4cccc(-c5ccc6c(c5)oc5ccccc56)c4cc4c(-c5ccc6c(c5)oc5ccccc56)cccc34)cccc21. The Labute approximate surface area is 317 Å². The Hall–Kier alpha value is -6.90. The standard InChI is InChI=1S/C53H34O2/c1-53(2)45-20-6-3-14-41(45)52-42(19-11-21-46(52)53)51-39-17-9-15-33(31-24-26-37-35-12-4-7-22-47(35)54-49(37)28-31)43(39)30-44-34(16-10-18-40(44)51)32-25-27-38-36-13-5-8-23-48(36)55-50(38)29-32/h3-30H,1-2H3. The molecule has 11 aromatic rings. The molecular weight excluding hydrogens is 669 g/mol. The molecule has 0 unspecified atom stereocenters. The maximum atomic E-state index is 6.42. The number of hydrogen-bond acceptors (Lipinski definition) is 2. The molecule has 258 valence electrons. The van der Waals surface area contributed by atoms with Crippen LogP contribution in [-0.2, 0) is 5.41 Å². The molecule has 12 rings (SSSR count). The molecule has 2 heterocycles. The molecule has 0 amide bonds. The van der Waals surface area contributed by atoms with Crippen molar-refractivity contribution in [2.75, 3.05) is 0 Å². The molecule has 2 nitrogen and oxygen atoms in total. The molecule has 0 fully saturated rings. The Kier molecular flexibility index (Phi) is 6.15. The summed E-state index contributed by atoms with van der Waals surface area (Å²) < 4.78 is 12.8. The van der Waals surface area contributed by atoms with Crippen molar-refractivity contribution in [3.05, 3.63) is 181 Å². The fraction of sp³-hybridized carbons (Fsp3) is 0.0566. The van der Waals surface area contributed by atoms with Crippen LogP contribution >= 0.6 is 0 Å². The summed E-state index contributed by atoms with van der Waals surface area (Å²) in [5, 5.41) is 9.43. The van der Waals surface area contributed by atoms with E-state index in [1.165, 1.54) is 66.1 Å². The van der Waals surface area contributed by atoms with E-state index in [0.717, 1.165) is 55.0 Å². The van der Waals surface area contributed by atoms with Gasteiger partial charge in [-0.15, -0.1) is 0 Å². The number of furan rings is 2. The zero-order valence-electron chi connectivity index (χ0n) is 30.5. The van der Waals surface area contributed by atoms with Gasteiger partial charge in [-0.3, -0.25) is 0 Å². The van der Waals surface area contributed by atoms with Crippen LogP contribution in [0.1, 0.15) is 25.0 Å². The summed E-state index contributed by atoms with van der Waals surface area (Å²) in [6.07, 6.45) is 0. The van der Waals surface area contributed by atoms with Gasteiger partial charge in [0.15, 0.2) is 0 Å². The number of para-hydroxylation sites is 2. The molecular formula is C53H34O2. The lowest BCUT2D eigenvalue weighted by Gasteiger charge is -2.22.